The number of thiazole rings is 1. The average Bonchev–Trinajstić information content (AvgIpc) is 2.92. The Morgan fingerprint density at radius 2 is 1.95 bits per heavy atom. The Bertz CT molecular complexity index is 364. The normalized spacial score (nSPS) is 17.6. The number of anilines is 1. The Balaban J connectivity index is 1.56. The van der Waals surface area contributed by atoms with Crippen molar-refractivity contribution in [1.82, 2.24) is 15.2 Å². The van der Waals surface area contributed by atoms with Crippen LogP contribution in [0.2, 0.25) is 0 Å². The minimum Gasteiger partial charge on any atom is -0.346 e. The van der Waals surface area contributed by atoms with Crippen LogP contribution in [0.3, 0.4) is 0 Å². The molecular formula is C15H28N4S. The second-order valence-corrected chi connectivity index (χ2v) is 7.40. The molecule has 1 aromatic heterocycles. The first-order chi connectivity index (χ1) is 9.54. The van der Waals surface area contributed by atoms with E-state index in [0.717, 1.165) is 19.6 Å². The van der Waals surface area contributed by atoms with Gasteiger partial charge in [-0.1, -0.05) is 0 Å². The predicted molar refractivity (Wildman–Crippen MR) is 87.8 cm³/mol. The molecule has 0 aromatic carbocycles. The molecule has 1 aliphatic rings. The van der Waals surface area contributed by atoms with Gasteiger partial charge in [-0.15, -0.1) is 11.3 Å². The Hall–Kier alpha value is -0.650. The quantitative estimate of drug-likeness (QED) is 0.817. The summed E-state index contributed by atoms with van der Waals surface area (Å²) in [6.07, 6.45) is 4.46. The van der Waals surface area contributed by atoms with E-state index >= 15 is 0 Å². The van der Waals surface area contributed by atoms with E-state index in [1.165, 1.54) is 37.6 Å². The molecule has 5 heteroatoms. The summed E-state index contributed by atoms with van der Waals surface area (Å²) in [5.41, 5.74) is 0.249. The Morgan fingerprint density at radius 3 is 2.55 bits per heavy atom. The molecule has 1 saturated heterocycles. The highest BCUT2D eigenvalue weighted by Crippen LogP contribution is 2.18. The van der Waals surface area contributed by atoms with Crippen LogP contribution in [-0.4, -0.2) is 54.7 Å². The lowest BCUT2D eigenvalue weighted by Gasteiger charge is -2.34. The molecule has 0 bridgehead atoms. The van der Waals surface area contributed by atoms with Crippen molar-refractivity contribution in [2.24, 2.45) is 0 Å². The molecule has 0 unspecified atom stereocenters. The fourth-order valence-corrected chi connectivity index (χ4v) is 3.16. The molecule has 0 amide bonds. The van der Waals surface area contributed by atoms with Gasteiger partial charge in [-0.25, -0.2) is 4.98 Å². The molecule has 1 fully saturated rings. The summed E-state index contributed by atoms with van der Waals surface area (Å²) in [4.78, 5) is 9.38. The van der Waals surface area contributed by atoms with E-state index in [-0.39, 0.29) is 5.54 Å². The van der Waals surface area contributed by atoms with Crippen LogP contribution in [0.15, 0.2) is 11.6 Å². The second kappa shape index (κ2) is 7.38. The van der Waals surface area contributed by atoms with Gasteiger partial charge < -0.3 is 10.2 Å². The van der Waals surface area contributed by atoms with Gasteiger partial charge in [-0.2, -0.15) is 0 Å². The maximum Gasteiger partial charge on any atom is 0.185 e. The molecule has 0 spiro atoms. The van der Waals surface area contributed by atoms with E-state index in [1.54, 1.807) is 11.3 Å². The molecular weight excluding hydrogens is 268 g/mol. The number of nitrogens with one attached hydrogen (secondary N) is 1. The van der Waals surface area contributed by atoms with E-state index < -0.39 is 0 Å². The van der Waals surface area contributed by atoms with Crippen LogP contribution in [-0.2, 0) is 0 Å². The van der Waals surface area contributed by atoms with Gasteiger partial charge in [0.2, 0.25) is 0 Å². The molecule has 2 rings (SSSR count). The highest BCUT2D eigenvalue weighted by Gasteiger charge is 2.18. The van der Waals surface area contributed by atoms with E-state index in [1.807, 2.05) is 6.20 Å². The number of hydrogen-bond donors (Lipinski definition) is 1. The van der Waals surface area contributed by atoms with Gasteiger partial charge in [0.25, 0.3) is 0 Å². The van der Waals surface area contributed by atoms with Crippen molar-refractivity contribution in [3.05, 3.63) is 11.6 Å². The Morgan fingerprint density at radius 1 is 1.20 bits per heavy atom. The van der Waals surface area contributed by atoms with Crippen molar-refractivity contribution in [3.8, 4) is 0 Å². The number of rotatable bonds is 6. The molecule has 0 radical (unpaired) electrons. The largest absolute Gasteiger partial charge is 0.346 e. The van der Waals surface area contributed by atoms with Gasteiger partial charge in [-0.3, -0.25) is 4.90 Å². The third-order valence-corrected chi connectivity index (χ3v) is 4.45. The number of piperazine rings is 1. The summed E-state index contributed by atoms with van der Waals surface area (Å²) in [6, 6.07) is 0. The van der Waals surface area contributed by atoms with E-state index in [9.17, 15) is 0 Å². The zero-order valence-corrected chi connectivity index (χ0v) is 13.9. The van der Waals surface area contributed by atoms with Crippen LogP contribution in [0.25, 0.3) is 0 Å². The zero-order chi connectivity index (χ0) is 14.4. The van der Waals surface area contributed by atoms with Gasteiger partial charge in [0, 0.05) is 43.3 Å². The van der Waals surface area contributed by atoms with Crippen molar-refractivity contribution in [2.45, 2.75) is 39.2 Å². The summed E-state index contributed by atoms with van der Waals surface area (Å²) in [5.74, 6) is 0. The topological polar surface area (TPSA) is 31.4 Å². The van der Waals surface area contributed by atoms with Gasteiger partial charge in [-0.05, 0) is 46.7 Å². The smallest absolute Gasteiger partial charge is 0.185 e. The number of nitrogens with zero attached hydrogens (tertiary/aromatic N) is 3. The fourth-order valence-electron chi connectivity index (χ4n) is 2.46. The monoisotopic (exact) mass is 296 g/mol. The third-order valence-electron chi connectivity index (χ3n) is 3.62. The molecule has 2 heterocycles. The summed E-state index contributed by atoms with van der Waals surface area (Å²) >= 11 is 1.75. The maximum absolute atomic E-state index is 4.39. The van der Waals surface area contributed by atoms with E-state index in [4.69, 9.17) is 0 Å². The number of aromatic nitrogens is 1. The highest BCUT2D eigenvalue weighted by atomic mass is 32.1. The van der Waals surface area contributed by atoms with E-state index in [2.05, 4.69) is 46.3 Å². The van der Waals surface area contributed by atoms with Crippen LogP contribution in [0.5, 0.6) is 0 Å². The highest BCUT2D eigenvalue weighted by molar-refractivity contribution is 7.13. The summed E-state index contributed by atoms with van der Waals surface area (Å²) in [6.45, 7) is 13.6. The van der Waals surface area contributed by atoms with Crippen molar-refractivity contribution in [3.63, 3.8) is 0 Å². The third kappa shape index (κ3) is 5.38. The van der Waals surface area contributed by atoms with Crippen LogP contribution in [0.4, 0.5) is 5.13 Å². The van der Waals surface area contributed by atoms with Crippen molar-refractivity contribution >= 4 is 16.5 Å². The minimum absolute atomic E-state index is 0.249. The SMILES string of the molecule is CC(C)(C)NCCCCN1CCN(c2nccs2)CC1. The Labute approximate surface area is 127 Å². The predicted octanol–water partition coefficient (Wildman–Crippen LogP) is 2.43. The standard InChI is InChI=1S/C15H28N4S/c1-15(2,3)17-6-4-5-8-18-9-11-19(12-10-18)14-16-7-13-20-14/h7,13,17H,4-6,8-12H2,1-3H3. The lowest BCUT2D eigenvalue weighted by atomic mass is 10.1. The van der Waals surface area contributed by atoms with E-state index in [0.29, 0.717) is 0 Å². The van der Waals surface area contributed by atoms with Crippen LogP contribution < -0.4 is 10.2 Å². The molecule has 20 heavy (non-hydrogen) atoms. The van der Waals surface area contributed by atoms with Crippen LogP contribution in [0, 0.1) is 0 Å². The lowest BCUT2D eigenvalue weighted by molar-refractivity contribution is 0.251. The molecule has 0 atom stereocenters. The summed E-state index contributed by atoms with van der Waals surface area (Å²) < 4.78 is 0. The molecule has 1 N–H and O–H groups in total. The fraction of sp³-hybridized carbons (Fsp3) is 0.800. The minimum atomic E-state index is 0.249. The van der Waals surface area contributed by atoms with Crippen molar-refractivity contribution in [1.29, 1.82) is 0 Å². The molecule has 0 aliphatic carbocycles. The summed E-state index contributed by atoms with van der Waals surface area (Å²) in [7, 11) is 0. The number of unbranched alkanes of at least 4 members (excludes halogenated alkanes) is 1. The molecule has 114 valence electrons. The van der Waals surface area contributed by atoms with Gasteiger partial charge in [0.05, 0.1) is 0 Å². The van der Waals surface area contributed by atoms with Gasteiger partial charge in [0.15, 0.2) is 5.13 Å². The molecule has 1 aliphatic heterocycles. The first-order valence-electron chi connectivity index (χ1n) is 7.66. The van der Waals surface area contributed by atoms with Crippen LogP contribution in [0.1, 0.15) is 33.6 Å². The summed E-state index contributed by atoms with van der Waals surface area (Å²) in [5, 5.41) is 6.79. The first kappa shape index (κ1) is 15.7. The van der Waals surface area contributed by atoms with Crippen molar-refractivity contribution in [2.75, 3.05) is 44.2 Å². The molecule has 4 nitrogen and oxygen atoms in total. The van der Waals surface area contributed by atoms with Gasteiger partial charge in [0.1, 0.15) is 0 Å². The van der Waals surface area contributed by atoms with Crippen molar-refractivity contribution < 1.29 is 0 Å². The average molecular weight is 296 g/mol. The molecule has 1 aromatic rings. The zero-order valence-electron chi connectivity index (χ0n) is 13.1. The first-order valence-corrected chi connectivity index (χ1v) is 8.54. The second-order valence-electron chi connectivity index (χ2n) is 6.53. The number of hydrogen-bond acceptors (Lipinski definition) is 5. The maximum atomic E-state index is 4.39. The van der Waals surface area contributed by atoms with Crippen LogP contribution >= 0.6 is 11.3 Å². The van der Waals surface area contributed by atoms with Gasteiger partial charge >= 0.3 is 0 Å². The molecule has 0 saturated carbocycles. The Kier molecular flexibility index (Phi) is 5.81. The lowest BCUT2D eigenvalue weighted by Crippen LogP contribution is -2.46.